The van der Waals surface area contributed by atoms with E-state index in [0.29, 0.717) is 17.1 Å². The van der Waals surface area contributed by atoms with Crippen molar-refractivity contribution < 1.29 is 14.3 Å². The molecule has 0 saturated carbocycles. The maximum atomic E-state index is 10.9. The predicted molar refractivity (Wildman–Crippen MR) is 57.6 cm³/mol. The van der Waals surface area contributed by atoms with E-state index >= 15 is 0 Å². The van der Waals surface area contributed by atoms with Crippen LogP contribution >= 0.6 is 0 Å². The van der Waals surface area contributed by atoms with E-state index in [0.717, 1.165) is 0 Å². The van der Waals surface area contributed by atoms with E-state index in [1.807, 2.05) is 0 Å². The van der Waals surface area contributed by atoms with Crippen molar-refractivity contribution in [2.75, 3.05) is 0 Å². The Morgan fingerprint density at radius 3 is 2.94 bits per heavy atom. The minimum Gasteiger partial charge on any atom is -0.476 e. The summed E-state index contributed by atoms with van der Waals surface area (Å²) in [7, 11) is 0. The fraction of sp³-hybridized carbons (Fsp3) is 0. The molecule has 6 nitrogen and oxygen atoms in total. The second-order valence-electron chi connectivity index (χ2n) is 3.40. The Bertz CT molecular complexity index is 685. The van der Waals surface area contributed by atoms with Crippen LogP contribution in [0.1, 0.15) is 10.5 Å². The molecular weight excluding hydrogens is 222 g/mol. The average Bonchev–Trinajstić information content (AvgIpc) is 2.97. The standard InChI is InChI=1S/C11H7N3O3/c15-11(16)9-10-12-4-3-7(14(10)6-13-9)8-2-1-5-17-8/h1-6H,(H,15,16). The summed E-state index contributed by atoms with van der Waals surface area (Å²) in [6.07, 6.45) is 4.50. The fourth-order valence-corrected chi connectivity index (χ4v) is 1.68. The van der Waals surface area contributed by atoms with Crippen LogP contribution in [-0.4, -0.2) is 25.4 Å². The Morgan fingerprint density at radius 2 is 2.24 bits per heavy atom. The van der Waals surface area contributed by atoms with Crippen molar-refractivity contribution in [2.24, 2.45) is 0 Å². The number of fused-ring (bicyclic) bond motifs is 1. The number of aromatic nitrogens is 3. The van der Waals surface area contributed by atoms with Crippen molar-refractivity contribution in [3.8, 4) is 11.5 Å². The number of carbonyl (C=O) groups is 1. The molecule has 0 amide bonds. The lowest BCUT2D eigenvalue weighted by Gasteiger charge is -2.00. The number of carboxylic acid groups (broad SMARTS) is 1. The highest BCUT2D eigenvalue weighted by Crippen LogP contribution is 2.21. The van der Waals surface area contributed by atoms with Gasteiger partial charge in [0.1, 0.15) is 6.33 Å². The van der Waals surface area contributed by atoms with Crippen LogP contribution in [0.5, 0.6) is 0 Å². The fourth-order valence-electron chi connectivity index (χ4n) is 1.68. The molecule has 17 heavy (non-hydrogen) atoms. The Kier molecular flexibility index (Phi) is 1.94. The molecule has 0 radical (unpaired) electrons. The second kappa shape index (κ2) is 3.44. The van der Waals surface area contributed by atoms with Crippen molar-refractivity contribution in [2.45, 2.75) is 0 Å². The van der Waals surface area contributed by atoms with Crippen LogP contribution in [0, 0.1) is 0 Å². The molecule has 3 rings (SSSR count). The lowest BCUT2D eigenvalue weighted by Crippen LogP contribution is -1.99. The van der Waals surface area contributed by atoms with E-state index in [9.17, 15) is 4.79 Å². The number of furan rings is 1. The highest BCUT2D eigenvalue weighted by Gasteiger charge is 2.15. The second-order valence-corrected chi connectivity index (χ2v) is 3.40. The lowest BCUT2D eigenvalue weighted by atomic mass is 10.3. The summed E-state index contributed by atoms with van der Waals surface area (Å²) in [6.45, 7) is 0. The first-order chi connectivity index (χ1) is 8.27. The van der Waals surface area contributed by atoms with Crippen molar-refractivity contribution in [3.63, 3.8) is 0 Å². The third-order valence-corrected chi connectivity index (χ3v) is 2.41. The molecule has 0 unspecified atom stereocenters. The van der Waals surface area contributed by atoms with Gasteiger partial charge >= 0.3 is 5.97 Å². The lowest BCUT2D eigenvalue weighted by molar-refractivity contribution is 0.0693. The van der Waals surface area contributed by atoms with Gasteiger partial charge in [0.2, 0.25) is 0 Å². The quantitative estimate of drug-likeness (QED) is 0.723. The van der Waals surface area contributed by atoms with Gasteiger partial charge < -0.3 is 9.52 Å². The highest BCUT2D eigenvalue weighted by atomic mass is 16.4. The zero-order valence-corrected chi connectivity index (χ0v) is 8.57. The van der Waals surface area contributed by atoms with E-state index in [2.05, 4.69) is 9.97 Å². The van der Waals surface area contributed by atoms with Crippen molar-refractivity contribution >= 4 is 11.6 Å². The van der Waals surface area contributed by atoms with E-state index < -0.39 is 5.97 Å². The molecule has 3 aromatic heterocycles. The summed E-state index contributed by atoms with van der Waals surface area (Å²) < 4.78 is 6.86. The summed E-state index contributed by atoms with van der Waals surface area (Å²) in [5.74, 6) is -0.469. The molecule has 0 fully saturated rings. The molecule has 0 aliphatic rings. The zero-order chi connectivity index (χ0) is 11.8. The van der Waals surface area contributed by atoms with Crippen LogP contribution in [0.4, 0.5) is 0 Å². The number of hydrogen-bond acceptors (Lipinski definition) is 4. The van der Waals surface area contributed by atoms with Gasteiger partial charge in [0, 0.05) is 6.20 Å². The number of aromatic carboxylic acids is 1. The molecule has 0 bridgehead atoms. The Balaban J connectivity index is 2.32. The molecule has 1 N–H and O–H groups in total. The normalized spacial score (nSPS) is 10.8. The van der Waals surface area contributed by atoms with Crippen molar-refractivity contribution in [1.29, 1.82) is 0 Å². The smallest absolute Gasteiger partial charge is 0.358 e. The zero-order valence-electron chi connectivity index (χ0n) is 8.57. The van der Waals surface area contributed by atoms with E-state index in [1.165, 1.54) is 12.5 Å². The maximum Gasteiger partial charge on any atom is 0.358 e. The first-order valence-corrected chi connectivity index (χ1v) is 4.86. The highest BCUT2D eigenvalue weighted by molar-refractivity contribution is 5.92. The first-order valence-electron chi connectivity index (χ1n) is 4.86. The number of nitrogens with zero attached hydrogens (tertiary/aromatic N) is 3. The summed E-state index contributed by atoms with van der Waals surface area (Å²) in [5.41, 5.74) is 0.935. The van der Waals surface area contributed by atoms with Gasteiger partial charge in [0.05, 0.1) is 12.0 Å². The molecule has 0 saturated heterocycles. The van der Waals surface area contributed by atoms with Gasteiger partial charge in [-0.3, -0.25) is 4.40 Å². The average molecular weight is 229 g/mol. The molecule has 3 aromatic rings. The van der Waals surface area contributed by atoms with Gasteiger partial charge in [0.15, 0.2) is 17.1 Å². The van der Waals surface area contributed by atoms with Gasteiger partial charge in [-0.25, -0.2) is 14.8 Å². The third kappa shape index (κ3) is 1.38. The molecule has 0 spiro atoms. The number of imidazole rings is 1. The van der Waals surface area contributed by atoms with Crippen molar-refractivity contribution in [3.05, 3.63) is 42.7 Å². The Labute approximate surface area is 95.2 Å². The summed E-state index contributed by atoms with van der Waals surface area (Å²) in [4.78, 5) is 18.8. The third-order valence-electron chi connectivity index (χ3n) is 2.41. The van der Waals surface area contributed by atoms with Crippen LogP contribution in [0.25, 0.3) is 17.1 Å². The maximum absolute atomic E-state index is 10.9. The molecule has 84 valence electrons. The van der Waals surface area contributed by atoms with Gasteiger partial charge in [-0.1, -0.05) is 0 Å². The molecule has 3 heterocycles. The molecular formula is C11H7N3O3. The van der Waals surface area contributed by atoms with Gasteiger partial charge in [0.25, 0.3) is 0 Å². The minimum absolute atomic E-state index is 0.0709. The van der Waals surface area contributed by atoms with Gasteiger partial charge in [-0.15, -0.1) is 0 Å². The predicted octanol–water partition coefficient (Wildman–Crippen LogP) is 1.69. The largest absolute Gasteiger partial charge is 0.476 e. The van der Waals surface area contributed by atoms with Crippen LogP contribution in [0.3, 0.4) is 0 Å². The number of rotatable bonds is 2. The Hall–Kier alpha value is -2.63. The SMILES string of the molecule is O=C(O)c1ncn2c(-c3ccco3)ccnc12. The number of hydrogen-bond donors (Lipinski definition) is 1. The van der Waals surface area contributed by atoms with Crippen LogP contribution in [0.2, 0.25) is 0 Å². The van der Waals surface area contributed by atoms with Gasteiger partial charge in [-0.2, -0.15) is 0 Å². The van der Waals surface area contributed by atoms with Crippen LogP contribution in [-0.2, 0) is 0 Å². The molecule has 0 aromatic carbocycles. The number of carboxylic acids is 1. The molecule has 0 atom stereocenters. The van der Waals surface area contributed by atoms with E-state index in [4.69, 9.17) is 9.52 Å². The Morgan fingerprint density at radius 1 is 1.35 bits per heavy atom. The van der Waals surface area contributed by atoms with Crippen LogP contribution < -0.4 is 0 Å². The van der Waals surface area contributed by atoms with Crippen molar-refractivity contribution in [1.82, 2.24) is 14.4 Å². The molecule has 0 aliphatic heterocycles. The summed E-state index contributed by atoms with van der Waals surface area (Å²) in [6, 6.07) is 5.28. The topological polar surface area (TPSA) is 80.6 Å². The summed E-state index contributed by atoms with van der Waals surface area (Å²) >= 11 is 0. The monoisotopic (exact) mass is 229 g/mol. The summed E-state index contributed by atoms with van der Waals surface area (Å²) in [5, 5.41) is 8.95. The molecule has 6 heteroatoms. The van der Waals surface area contributed by atoms with Crippen LogP contribution in [0.15, 0.2) is 41.4 Å². The molecule has 0 aliphatic carbocycles. The van der Waals surface area contributed by atoms with Gasteiger partial charge in [-0.05, 0) is 18.2 Å². The van der Waals surface area contributed by atoms with E-state index in [-0.39, 0.29) is 5.69 Å². The first kappa shape index (κ1) is 9.59. The minimum atomic E-state index is -1.10. The van der Waals surface area contributed by atoms with E-state index in [1.54, 1.807) is 28.9 Å².